The Kier molecular flexibility index (Phi) is 7.53. The van der Waals surface area contributed by atoms with Crippen molar-refractivity contribution >= 4 is 29.0 Å². The summed E-state index contributed by atoms with van der Waals surface area (Å²) in [6, 6.07) is 11.0. The number of allylic oxidation sites excluding steroid dienone is 1. The first-order valence-electron chi connectivity index (χ1n) is 9.68. The molecule has 0 spiro atoms. The van der Waals surface area contributed by atoms with Crippen LogP contribution in [0, 0.1) is 11.3 Å². The van der Waals surface area contributed by atoms with Crippen LogP contribution < -0.4 is 23.7 Å². The van der Waals surface area contributed by atoms with E-state index in [0.717, 1.165) is 5.56 Å². The fourth-order valence-electron chi connectivity index (χ4n) is 3.06. The van der Waals surface area contributed by atoms with Crippen molar-refractivity contribution < 1.29 is 28.5 Å². The lowest BCUT2D eigenvalue weighted by atomic mass is 10.1. The molecule has 0 aliphatic rings. The van der Waals surface area contributed by atoms with Crippen LogP contribution in [0.1, 0.15) is 17.5 Å². The summed E-state index contributed by atoms with van der Waals surface area (Å²) >= 11 is 1.35. The summed E-state index contributed by atoms with van der Waals surface area (Å²) < 4.78 is 26.6. The smallest absolute Gasteiger partial charge is 0.308 e. The first kappa shape index (κ1) is 23.6. The number of esters is 1. The Hall–Kier alpha value is -4.03. The molecule has 8 nitrogen and oxygen atoms in total. The lowest BCUT2D eigenvalue weighted by molar-refractivity contribution is -0.132. The van der Waals surface area contributed by atoms with Crippen LogP contribution in [0.4, 0.5) is 0 Å². The zero-order valence-corrected chi connectivity index (χ0v) is 19.6. The molecule has 0 saturated heterocycles. The fourth-order valence-corrected chi connectivity index (χ4v) is 3.86. The van der Waals surface area contributed by atoms with Gasteiger partial charge in [0, 0.05) is 17.9 Å². The largest absolute Gasteiger partial charge is 0.493 e. The average molecular weight is 467 g/mol. The molecule has 0 bridgehead atoms. The molecule has 3 rings (SSSR count). The third-order valence-corrected chi connectivity index (χ3v) is 5.45. The normalized spacial score (nSPS) is 10.8. The van der Waals surface area contributed by atoms with Crippen LogP contribution in [0.25, 0.3) is 22.9 Å². The van der Waals surface area contributed by atoms with Gasteiger partial charge in [0.25, 0.3) is 0 Å². The van der Waals surface area contributed by atoms with Crippen molar-refractivity contribution in [2.24, 2.45) is 0 Å². The van der Waals surface area contributed by atoms with Crippen molar-refractivity contribution in [1.29, 1.82) is 5.26 Å². The highest BCUT2D eigenvalue weighted by Crippen LogP contribution is 2.40. The molecule has 0 radical (unpaired) electrons. The minimum absolute atomic E-state index is 0.174. The fraction of sp³-hybridized carbons (Fsp3) is 0.208. The number of nitrogens with zero attached hydrogens (tertiary/aromatic N) is 2. The highest BCUT2D eigenvalue weighted by molar-refractivity contribution is 7.11. The zero-order valence-electron chi connectivity index (χ0n) is 18.8. The van der Waals surface area contributed by atoms with Crippen LogP contribution >= 0.6 is 11.3 Å². The van der Waals surface area contributed by atoms with Crippen molar-refractivity contribution in [3.63, 3.8) is 0 Å². The van der Waals surface area contributed by atoms with E-state index in [-0.39, 0.29) is 5.75 Å². The van der Waals surface area contributed by atoms with E-state index in [1.54, 1.807) is 38.5 Å². The number of carbonyl (C=O) groups is 1. The summed E-state index contributed by atoms with van der Waals surface area (Å²) in [5, 5.41) is 12.2. The van der Waals surface area contributed by atoms with Crippen molar-refractivity contribution in [2.45, 2.75) is 6.92 Å². The van der Waals surface area contributed by atoms with Gasteiger partial charge in [0.2, 0.25) is 5.75 Å². The van der Waals surface area contributed by atoms with Gasteiger partial charge < -0.3 is 23.7 Å². The van der Waals surface area contributed by atoms with E-state index in [2.05, 4.69) is 11.1 Å². The Morgan fingerprint density at radius 3 is 2.15 bits per heavy atom. The number of rotatable bonds is 8. The van der Waals surface area contributed by atoms with Crippen LogP contribution in [-0.2, 0) is 4.79 Å². The minimum Gasteiger partial charge on any atom is -0.493 e. The minimum atomic E-state index is -0.502. The van der Waals surface area contributed by atoms with Gasteiger partial charge in [-0.2, -0.15) is 5.26 Å². The SMILES string of the molecule is COc1ccc(-c2csc(/C(C#N)=C\c3cc(OC)c(OC(C)=O)c(OC)c3)n2)cc1OC. The van der Waals surface area contributed by atoms with E-state index in [9.17, 15) is 10.1 Å². The predicted molar refractivity (Wildman–Crippen MR) is 125 cm³/mol. The Balaban J connectivity index is 1.99. The number of hydrogen-bond acceptors (Lipinski definition) is 9. The molecule has 1 heterocycles. The molecule has 2 aromatic carbocycles. The zero-order chi connectivity index (χ0) is 24.0. The summed E-state index contributed by atoms with van der Waals surface area (Å²) in [4.78, 5) is 16.0. The summed E-state index contributed by atoms with van der Waals surface area (Å²) in [5.74, 6) is 1.49. The quantitative estimate of drug-likeness (QED) is 0.264. The second-order valence-electron chi connectivity index (χ2n) is 6.63. The molecule has 0 N–H and O–H groups in total. The standard InChI is InChI=1S/C24H22N2O6S/c1-14(27)32-23-21(30-4)9-15(10-22(23)31-5)8-17(12-25)24-26-18(13-33-24)16-6-7-19(28-2)20(11-16)29-3/h6-11,13H,1-5H3/b17-8-. The third kappa shape index (κ3) is 5.25. The van der Waals surface area contributed by atoms with E-state index in [1.807, 2.05) is 17.5 Å². The molecule has 33 heavy (non-hydrogen) atoms. The molecule has 0 saturated carbocycles. The van der Waals surface area contributed by atoms with Crippen LogP contribution in [0.3, 0.4) is 0 Å². The molecule has 0 amide bonds. The molecule has 0 aliphatic heterocycles. The van der Waals surface area contributed by atoms with Crippen LogP contribution in [-0.4, -0.2) is 39.4 Å². The van der Waals surface area contributed by atoms with Gasteiger partial charge in [0.1, 0.15) is 11.1 Å². The van der Waals surface area contributed by atoms with Crippen molar-refractivity contribution in [2.75, 3.05) is 28.4 Å². The number of hydrogen-bond donors (Lipinski definition) is 0. The van der Waals surface area contributed by atoms with Crippen LogP contribution in [0.2, 0.25) is 0 Å². The number of nitriles is 1. The van der Waals surface area contributed by atoms with E-state index < -0.39 is 5.97 Å². The summed E-state index contributed by atoms with van der Waals surface area (Å²) in [6.45, 7) is 1.29. The molecule has 0 fully saturated rings. The second kappa shape index (κ2) is 10.5. The van der Waals surface area contributed by atoms with E-state index in [1.165, 1.54) is 32.5 Å². The lowest BCUT2D eigenvalue weighted by Gasteiger charge is -2.13. The summed E-state index contributed by atoms with van der Waals surface area (Å²) in [7, 11) is 6.05. The van der Waals surface area contributed by atoms with Crippen LogP contribution in [0.15, 0.2) is 35.7 Å². The first-order chi connectivity index (χ1) is 15.9. The highest BCUT2D eigenvalue weighted by atomic mass is 32.1. The van der Waals surface area contributed by atoms with Crippen molar-refractivity contribution in [3.8, 4) is 46.1 Å². The Bertz CT molecular complexity index is 1220. The number of aromatic nitrogens is 1. The average Bonchev–Trinajstić information content (AvgIpc) is 3.32. The topological polar surface area (TPSA) is 99.9 Å². The van der Waals surface area contributed by atoms with E-state index >= 15 is 0 Å². The molecule has 0 unspecified atom stereocenters. The van der Waals surface area contributed by atoms with Gasteiger partial charge >= 0.3 is 5.97 Å². The number of methoxy groups -OCH3 is 4. The molecule has 0 aliphatic carbocycles. The van der Waals surface area contributed by atoms with E-state index in [4.69, 9.17) is 23.7 Å². The molecule has 170 valence electrons. The predicted octanol–water partition coefficient (Wildman–Crippen LogP) is 4.83. The highest BCUT2D eigenvalue weighted by Gasteiger charge is 2.17. The maximum absolute atomic E-state index is 11.4. The molecular formula is C24H22N2O6S. The van der Waals surface area contributed by atoms with Gasteiger partial charge in [-0.15, -0.1) is 11.3 Å². The number of benzene rings is 2. The third-order valence-electron chi connectivity index (χ3n) is 4.57. The first-order valence-corrected chi connectivity index (χ1v) is 10.6. The Labute approximate surface area is 195 Å². The number of thiazole rings is 1. The molecular weight excluding hydrogens is 444 g/mol. The summed E-state index contributed by atoms with van der Waals surface area (Å²) in [6.07, 6.45) is 1.67. The lowest BCUT2D eigenvalue weighted by Crippen LogP contribution is -2.05. The summed E-state index contributed by atoms with van der Waals surface area (Å²) in [5.41, 5.74) is 2.52. The maximum Gasteiger partial charge on any atom is 0.308 e. The molecule has 3 aromatic rings. The van der Waals surface area contributed by atoms with Gasteiger partial charge in [-0.05, 0) is 42.0 Å². The number of ether oxygens (including phenoxy) is 5. The Morgan fingerprint density at radius 1 is 0.970 bits per heavy atom. The van der Waals surface area contributed by atoms with Crippen LogP contribution in [0.5, 0.6) is 28.7 Å². The molecule has 0 atom stereocenters. The van der Waals surface area contributed by atoms with Gasteiger partial charge in [-0.25, -0.2) is 4.98 Å². The Morgan fingerprint density at radius 2 is 1.61 bits per heavy atom. The van der Waals surface area contributed by atoms with Gasteiger partial charge in [-0.3, -0.25) is 4.79 Å². The van der Waals surface area contributed by atoms with Crippen molar-refractivity contribution in [1.82, 2.24) is 4.98 Å². The van der Waals surface area contributed by atoms with Crippen molar-refractivity contribution in [3.05, 3.63) is 46.3 Å². The van der Waals surface area contributed by atoms with Gasteiger partial charge in [-0.1, -0.05) is 0 Å². The second-order valence-corrected chi connectivity index (χ2v) is 7.48. The monoisotopic (exact) mass is 466 g/mol. The van der Waals surface area contributed by atoms with Gasteiger partial charge in [0.05, 0.1) is 39.7 Å². The van der Waals surface area contributed by atoms with Gasteiger partial charge in [0.15, 0.2) is 23.0 Å². The number of carbonyl (C=O) groups excluding carboxylic acids is 1. The maximum atomic E-state index is 11.4. The molecule has 9 heteroatoms. The molecule has 1 aromatic heterocycles. The van der Waals surface area contributed by atoms with E-state index in [0.29, 0.717) is 44.8 Å².